The van der Waals surface area contributed by atoms with Gasteiger partial charge in [-0.15, -0.1) is 0 Å². The molecule has 4 nitrogen and oxygen atoms in total. The van der Waals surface area contributed by atoms with Crippen molar-refractivity contribution >= 4 is 11.8 Å². The highest BCUT2D eigenvalue weighted by Gasteiger charge is 1.91. The number of nitrogens with zero attached hydrogens (tertiary/aromatic N) is 2. The first-order valence-electron chi connectivity index (χ1n) is 6.09. The lowest BCUT2D eigenvalue weighted by molar-refractivity contribution is 0.962. The first-order chi connectivity index (χ1) is 8.40. The normalized spacial score (nSPS) is 17.8. The van der Waals surface area contributed by atoms with Gasteiger partial charge in [-0.05, 0) is 18.9 Å². The van der Waals surface area contributed by atoms with Crippen LogP contribution in [-0.2, 0) is 6.42 Å². The third-order valence-electron chi connectivity index (χ3n) is 1.54. The van der Waals surface area contributed by atoms with Crippen molar-refractivity contribution in [1.82, 2.24) is 0 Å². The van der Waals surface area contributed by atoms with Crippen molar-refractivity contribution in [2.75, 3.05) is 6.52 Å². The molecule has 1 aromatic carbocycles. The van der Waals surface area contributed by atoms with E-state index in [4.69, 9.17) is 15.6 Å². The highest BCUT2D eigenvalue weighted by atomic mass is 15.1. The zero-order valence-corrected chi connectivity index (χ0v) is 8.57. The van der Waals surface area contributed by atoms with Gasteiger partial charge in [0, 0.05) is 6.52 Å². The number of benzene rings is 1. The smallest absolute Gasteiger partial charge is 0.216 e. The number of hydrogen-bond donors (Lipinski definition) is 2. The van der Waals surface area contributed by atoms with Gasteiger partial charge in [0.25, 0.3) is 0 Å². The Balaban J connectivity index is 2.79. The monoisotopic (exact) mass is 207 g/mol. The van der Waals surface area contributed by atoms with Gasteiger partial charge in [-0.1, -0.05) is 30.3 Å². The van der Waals surface area contributed by atoms with Crippen LogP contribution in [0.2, 0.25) is 0 Å². The molecule has 1 rings (SSSR count). The van der Waals surface area contributed by atoms with Crippen LogP contribution in [0.1, 0.15) is 16.6 Å². The summed E-state index contributed by atoms with van der Waals surface area (Å²) in [6.45, 7) is 0.714. The van der Waals surface area contributed by atoms with Crippen molar-refractivity contribution in [3.8, 4) is 0 Å². The van der Waals surface area contributed by atoms with Gasteiger partial charge in [0.05, 0.1) is 9.95 Å². The summed E-state index contributed by atoms with van der Waals surface area (Å²) >= 11 is 0. The zero-order chi connectivity index (χ0) is 13.7. The molecule has 0 amide bonds. The van der Waals surface area contributed by atoms with Crippen LogP contribution in [0.15, 0.2) is 40.3 Å². The number of nitrogens with two attached hydrogens (primary N) is 2. The van der Waals surface area contributed by atoms with Gasteiger partial charge < -0.3 is 11.5 Å². The Bertz CT molecular complexity index is 481. The van der Waals surface area contributed by atoms with E-state index in [2.05, 4.69) is 9.98 Å². The van der Waals surface area contributed by atoms with Crippen LogP contribution >= 0.6 is 0 Å². The summed E-state index contributed by atoms with van der Waals surface area (Å²) in [7, 11) is 0. The third-order valence-corrected chi connectivity index (χ3v) is 1.54. The standard InChI is InChI=1S/C11H16N4/c1-9(12)15-11(13)14-8-7-10-5-3-2-4-6-10/h2-6H,7-8H2,1H3,(H4,12,13,14,15)/i3D,5D,8D. The van der Waals surface area contributed by atoms with Crippen molar-refractivity contribution < 1.29 is 4.11 Å². The van der Waals surface area contributed by atoms with E-state index in [1.165, 1.54) is 6.07 Å². The van der Waals surface area contributed by atoms with Crippen LogP contribution in [0.25, 0.3) is 0 Å². The van der Waals surface area contributed by atoms with Crippen LogP contribution in [0.4, 0.5) is 0 Å². The second-order valence-electron chi connectivity index (χ2n) is 2.95. The van der Waals surface area contributed by atoms with Crippen molar-refractivity contribution in [3.05, 3.63) is 35.8 Å². The molecule has 0 fully saturated rings. The van der Waals surface area contributed by atoms with E-state index in [1.54, 1.807) is 19.1 Å². The lowest BCUT2D eigenvalue weighted by Crippen LogP contribution is -2.16. The molecule has 15 heavy (non-hydrogen) atoms. The Labute approximate surface area is 93.9 Å². The molecular formula is C11H16N4. The van der Waals surface area contributed by atoms with E-state index in [0.717, 1.165) is 0 Å². The van der Waals surface area contributed by atoms with Gasteiger partial charge >= 0.3 is 0 Å². The molecule has 4 heteroatoms. The molecule has 0 aliphatic heterocycles. The molecule has 80 valence electrons. The first kappa shape index (κ1) is 7.45. The minimum absolute atomic E-state index is 0.0523. The molecule has 0 radical (unpaired) electrons. The number of aliphatic imine (C=N–C) groups is 2. The van der Waals surface area contributed by atoms with Crippen molar-refractivity contribution in [2.24, 2.45) is 21.5 Å². The van der Waals surface area contributed by atoms with E-state index in [0.29, 0.717) is 5.56 Å². The van der Waals surface area contributed by atoms with Crippen molar-refractivity contribution in [3.63, 3.8) is 0 Å². The highest BCUT2D eigenvalue weighted by Crippen LogP contribution is 1.99. The lowest BCUT2D eigenvalue weighted by atomic mass is 10.2. The first-order valence-corrected chi connectivity index (χ1v) is 4.51. The predicted molar refractivity (Wildman–Crippen MR) is 63.9 cm³/mol. The van der Waals surface area contributed by atoms with Gasteiger partial charge in [-0.3, -0.25) is 4.99 Å². The van der Waals surface area contributed by atoms with Crippen LogP contribution in [-0.4, -0.2) is 18.3 Å². The third kappa shape index (κ3) is 4.81. The minimum atomic E-state index is -0.862. The van der Waals surface area contributed by atoms with Gasteiger partial charge in [-0.25, -0.2) is 4.99 Å². The Morgan fingerprint density at radius 2 is 2.33 bits per heavy atom. The molecule has 0 aromatic heterocycles. The maximum absolute atomic E-state index is 7.73. The summed E-state index contributed by atoms with van der Waals surface area (Å²) in [5.74, 6) is 0.223. The number of guanidine groups is 1. The lowest BCUT2D eigenvalue weighted by Gasteiger charge is -1.97. The Morgan fingerprint density at radius 3 is 3.07 bits per heavy atom. The van der Waals surface area contributed by atoms with E-state index >= 15 is 0 Å². The van der Waals surface area contributed by atoms with E-state index in [-0.39, 0.29) is 30.3 Å². The summed E-state index contributed by atoms with van der Waals surface area (Å²) in [5.41, 5.74) is 11.4. The van der Waals surface area contributed by atoms with Crippen LogP contribution in [0, 0.1) is 0 Å². The molecule has 0 aliphatic rings. The van der Waals surface area contributed by atoms with Crippen molar-refractivity contribution in [1.29, 1.82) is 0 Å². The summed E-state index contributed by atoms with van der Waals surface area (Å²) in [4.78, 5) is 7.55. The van der Waals surface area contributed by atoms with Crippen LogP contribution < -0.4 is 11.5 Å². The topological polar surface area (TPSA) is 76.8 Å². The maximum atomic E-state index is 7.73. The van der Waals surface area contributed by atoms with Gasteiger partial charge in [0.15, 0.2) is 0 Å². The zero-order valence-electron chi connectivity index (χ0n) is 11.6. The molecule has 1 atom stereocenters. The van der Waals surface area contributed by atoms with Crippen LogP contribution in [0.5, 0.6) is 0 Å². The van der Waals surface area contributed by atoms with E-state index < -0.39 is 6.52 Å². The highest BCUT2D eigenvalue weighted by molar-refractivity contribution is 5.93. The molecule has 0 saturated carbocycles. The molecule has 0 spiro atoms. The van der Waals surface area contributed by atoms with Crippen molar-refractivity contribution in [2.45, 2.75) is 13.3 Å². The predicted octanol–water partition coefficient (Wildman–Crippen LogP) is 0.921. The molecule has 1 unspecified atom stereocenters. The van der Waals surface area contributed by atoms with E-state index in [9.17, 15) is 0 Å². The van der Waals surface area contributed by atoms with E-state index in [1.807, 2.05) is 0 Å². The average Bonchev–Trinajstić information content (AvgIpc) is 2.23. The minimum Gasteiger partial charge on any atom is -0.387 e. The van der Waals surface area contributed by atoms with Gasteiger partial charge in [0.2, 0.25) is 5.96 Å². The maximum Gasteiger partial charge on any atom is 0.216 e. The number of hydrogen-bond acceptors (Lipinski definition) is 1. The average molecular weight is 207 g/mol. The second-order valence-corrected chi connectivity index (χ2v) is 2.95. The van der Waals surface area contributed by atoms with Gasteiger partial charge in [0.1, 0.15) is 0 Å². The molecule has 0 aliphatic carbocycles. The number of rotatable bonds is 3. The molecular weight excluding hydrogens is 188 g/mol. The molecule has 4 N–H and O–H groups in total. The largest absolute Gasteiger partial charge is 0.387 e. The Kier molecular flexibility index (Phi) is 2.88. The summed E-state index contributed by atoms with van der Waals surface area (Å²) in [5, 5.41) is 0. The Morgan fingerprint density at radius 1 is 1.53 bits per heavy atom. The fourth-order valence-corrected chi connectivity index (χ4v) is 0.955. The quantitative estimate of drug-likeness (QED) is 0.571. The fraction of sp³-hybridized carbons (Fsp3) is 0.273. The SMILES string of the molecule is [2H]c1cccc(CC([2H])N=C(N)N=C(C)N)c1[2H]. The summed E-state index contributed by atoms with van der Waals surface area (Å²) in [6, 6.07) is 5.15. The summed E-state index contributed by atoms with van der Waals surface area (Å²) in [6.07, 6.45) is 0.214. The molecule has 0 heterocycles. The number of amidine groups is 1. The van der Waals surface area contributed by atoms with Crippen LogP contribution in [0.3, 0.4) is 0 Å². The van der Waals surface area contributed by atoms with Gasteiger partial charge in [-0.2, -0.15) is 0 Å². The molecule has 1 aromatic rings. The second kappa shape index (κ2) is 5.80. The molecule has 0 saturated heterocycles. The molecule has 0 bridgehead atoms. The summed E-state index contributed by atoms with van der Waals surface area (Å²) < 4.78 is 22.9. The number of aryl methyl sites for hydroxylation is 1. The Hall–Kier alpha value is -1.84. The fourth-order valence-electron chi connectivity index (χ4n) is 0.955.